The van der Waals surface area contributed by atoms with E-state index >= 15 is 0 Å². The summed E-state index contributed by atoms with van der Waals surface area (Å²) in [4.78, 5) is 27.1. The molecule has 27 heavy (non-hydrogen) atoms. The normalized spacial score (nSPS) is 11.7. The molecule has 0 aliphatic heterocycles. The van der Waals surface area contributed by atoms with Crippen molar-refractivity contribution in [1.82, 2.24) is 10.2 Å². The van der Waals surface area contributed by atoms with Crippen LogP contribution in [0.25, 0.3) is 0 Å². The smallest absolute Gasteiger partial charge is 0.242 e. The van der Waals surface area contributed by atoms with Gasteiger partial charge in [-0.3, -0.25) is 9.59 Å². The highest BCUT2D eigenvalue weighted by atomic mass is 35.5. The Morgan fingerprint density at radius 2 is 1.78 bits per heavy atom. The van der Waals surface area contributed by atoms with Gasteiger partial charge >= 0.3 is 0 Å². The highest BCUT2D eigenvalue weighted by Gasteiger charge is 2.28. The third-order valence-electron chi connectivity index (χ3n) is 4.30. The van der Waals surface area contributed by atoms with Gasteiger partial charge in [0, 0.05) is 18.1 Å². The Bertz CT molecular complexity index is 780. The van der Waals surface area contributed by atoms with Gasteiger partial charge in [-0.2, -0.15) is 0 Å². The van der Waals surface area contributed by atoms with Crippen molar-refractivity contribution in [3.63, 3.8) is 0 Å². The topological polar surface area (TPSA) is 49.4 Å². The quantitative estimate of drug-likeness (QED) is 0.741. The van der Waals surface area contributed by atoms with Crippen LogP contribution in [-0.2, 0) is 22.6 Å². The van der Waals surface area contributed by atoms with E-state index in [0.717, 1.165) is 5.56 Å². The standard InChI is InChI=1S/C21H24ClFN2O2/c1-3-19(21(27)24-4-2)25(14-16-7-5-6-8-18(16)22)20(26)13-15-9-11-17(23)12-10-15/h5-12,19H,3-4,13-14H2,1-2H3,(H,24,27). The van der Waals surface area contributed by atoms with Crippen molar-refractivity contribution in [3.8, 4) is 0 Å². The molecule has 0 aliphatic rings. The Morgan fingerprint density at radius 1 is 1.11 bits per heavy atom. The van der Waals surface area contributed by atoms with Crippen LogP contribution in [-0.4, -0.2) is 29.3 Å². The summed E-state index contributed by atoms with van der Waals surface area (Å²) >= 11 is 6.26. The SMILES string of the molecule is CCNC(=O)C(CC)N(Cc1ccccc1Cl)C(=O)Cc1ccc(F)cc1. The van der Waals surface area contributed by atoms with E-state index in [4.69, 9.17) is 11.6 Å². The number of nitrogens with one attached hydrogen (secondary N) is 1. The number of hydrogen-bond acceptors (Lipinski definition) is 2. The van der Waals surface area contributed by atoms with Crippen LogP contribution in [0.2, 0.25) is 5.02 Å². The molecule has 0 spiro atoms. The molecule has 1 N–H and O–H groups in total. The number of carbonyl (C=O) groups excluding carboxylic acids is 2. The van der Waals surface area contributed by atoms with Gasteiger partial charge in [-0.1, -0.05) is 48.9 Å². The molecule has 1 unspecified atom stereocenters. The number of halogens is 2. The first-order valence-corrected chi connectivity index (χ1v) is 9.39. The molecule has 0 aromatic heterocycles. The Kier molecular flexibility index (Phi) is 7.80. The second-order valence-electron chi connectivity index (χ2n) is 6.23. The minimum Gasteiger partial charge on any atom is -0.355 e. The van der Waals surface area contributed by atoms with Crippen molar-refractivity contribution in [2.24, 2.45) is 0 Å². The van der Waals surface area contributed by atoms with Crippen molar-refractivity contribution < 1.29 is 14.0 Å². The summed E-state index contributed by atoms with van der Waals surface area (Å²) in [5.41, 5.74) is 1.46. The molecule has 0 aliphatic carbocycles. The van der Waals surface area contributed by atoms with Crippen molar-refractivity contribution in [2.45, 2.75) is 39.3 Å². The average Bonchev–Trinajstić information content (AvgIpc) is 2.65. The summed E-state index contributed by atoms with van der Waals surface area (Å²) in [5.74, 6) is -0.757. The van der Waals surface area contributed by atoms with E-state index in [1.807, 2.05) is 32.0 Å². The zero-order valence-corrected chi connectivity index (χ0v) is 16.3. The lowest BCUT2D eigenvalue weighted by Gasteiger charge is -2.31. The summed E-state index contributed by atoms with van der Waals surface area (Å²) < 4.78 is 13.1. The lowest BCUT2D eigenvalue weighted by atomic mass is 10.1. The van der Waals surface area contributed by atoms with Crippen LogP contribution in [0.1, 0.15) is 31.4 Å². The number of benzene rings is 2. The van der Waals surface area contributed by atoms with E-state index in [1.54, 1.807) is 23.1 Å². The second-order valence-corrected chi connectivity index (χ2v) is 6.64. The van der Waals surface area contributed by atoms with E-state index in [2.05, 4.69) is 5.32 Å². The van der Waals surface area contributed by atoms with Gasteiger partial charge in [0.1, 0.15) is 11.9 Å². The fraction of sp³-hybridized carbons (Fsp3) is 0.333. The molecular weight excluding hydrogens is 367 g/mol. The molecule has 1 atom stereocenters. The maximum absolute atomic E-state index is 13.1. The maximum atomic E-state index is 13.1. The van der Waals surface area contributed by atoms with Gasteiger partial charge in [0.15, 0.2) is 0 Å². The van der Waals surface area contributed by atoms with Gasteiger partial charge in [0.25, 0.3) is 0 Å². The van der Waals surface area contributed by atoms with Crippen LogP contribution in [0.5, 0.6) is 0 Å². The monoisotopic (exact) mass is 390 g/mol. The summed E-state index contributed by atoms with van der Waals surface area (Å²) in [7, 11) is 0. The molecule has 2 aromatic rings. The van der Waals surface area contributed by atoms with E-state index in [1.165, 1.54) is 12.1 Å². The molecule has 2 aromatic carbocycles. The van der Waals surface area contributed by atoms with Gasteiger partial charge < -0.3 is 10.2 Å². The second kappa shape index (κ2) is 10.1. The lowest BCUT2D eigenvalue weighted by Crippen LogP contribution is -2.49. The van der Waals surface area contributed by atoms with Crippen LogP contribution >= 0.6 is 11.6 Å². The molecule has 6 heteroatoms. The van der Waals surface area contributed by atoms with E-state index in [-0.39, 0.29) is 30.6 Å². The number of hydrogen-bond donors (Lipinski definition) is 1. The van der Waals surface area contributed by atoms with Gasteiger partial charge in [-0.25, -0.2) is 4.39 Å². The summed E-state index contributed by atoms with van der Waals surface area (Å²) in [6.45, 7) is 4.42. The van der Waals surface area contributed by atoms with Crippen molar-refractivity contribution >= 4 is 23.4 Å². The minimum atomic E-state index is -0.603. The zero-order chi connectivity index (χ0) is 19.8. The number of amides is 2. The van der Waals surface area contributed by atoms with Crippen molar-refractivity contribution in [1.29, 1.82) is 0 Å². The summed E-state index contributed by atoms with van der Waals surface area (Å²) in [6, 6.07) is 12.5. The number of rotatable bonds is 8. The van der Waals surface area contributed by atoms with E-state index < -0.39 is 6.04 Å². The minimum absolute atomic E-state index is 0.0840. The number of nitrogens with zero attached hydrogens (tertiary/aromatic N) is 1. The van der Waals surface area contributed by atoms with Gasteiger partial charge in [-0.15, -0.1) is 0 Å². The third-order valence-corrected chi connectivity index (χ3v) is 4.67. The lowest BCUT2D eigenvalue weighted by molar-refractivity contribution is -0.140. The van der Waals surface area contributed by atoms with E-state index in [0.29, 0.717) is 23.6 Å². The number of carbonyl (C=O) groups is 2. The molecule has 0 radical (unpaired) electrons. The van der Waals surface area contributed by atoms with Crippen LogP contribution in [0.15, 0.2) is 48.5 Å². The average molecular weight is 391 g/mol. The molecule has 4 nitrogen and oxygen atoms in total. The maximum Gasteiger partial charge on any atom is 0.242 e. The molecule has 0 fully saturated rings. The van der Waals surface area contributed by atoms with Crippen LogP contribution in [0.4, 0.5) is 4.39 Å². The molecule has 0 saturated heterocycles. The zero-order valence-electron chi connectivity index (χ0n) is 15.5. The number of likely N-dealkylation sites (N-methyl/N-ethyl adjacent to an activating group) is 1. The predicted octanol–water partition coefficient (Wildman–Crippen LogP) is 3.97. The Morgan fingerprint density at radius 3 is 2.37 bits per heavy atom. The third kappa shape index (κ3) is 5.79. The molecule has 0 saturated carbocycles. The first kappa shape index (κ1) is 20.9. The molecule has 0 bridgehead atoms. The highest BCUT2D eigenvalue weighted by molar-refractivity contribution is 6.31. The fourth-order valence-electron chi connectivity index (χ4n) is 2.90. The van der Waals surface area contributed by atoms with Crippen molar-refractivity contribution in [3.05, 3.63) is 70.5 Å². The predicted molar refractivity (Wildman–Crippen MR) is 105 cm³/mol. The van der Waals surface area contributed by atoms with Gasteiger partial charge in [0.05, 0.1) is 6.42 Å². The molecule has 2 rings (SSSR count). The highest BCUT2D eigenvalue weighted by Crippen LogP contribution is 2.20. The van der Waals surface area contributed by atoms with Crippen LogP contribution in [0.3, 0.4) is 0 Å². The Labute approximate surface area is 164 Å². The molecule has 0 heterocycles. The van der Waals surface area contributed by atoms with E-state index in [9.17, 15) is 14.0 Å². The fourth-order valence-corrected chi connectivity index (χ4v) is 3.10. The first-order chi connectivity index (χ1) is 13.0. The summed E-state index contributed by atoms with van der Waals surface area (Å²) in [6.07, 6.45) is 0.562. The van der Waals surface area contributed by atoms with Crippen molar-refractivity contribution in [2.75, 3.05) is 6.54 Å². The van der Waals surface area contributed by atoms with Crippen LogP contribution in [0, 0.1) is 5.82 Å². The molecule has 144 valence electrons. The molecular formula is C21H24ClFN2O2. The first-order valence-electron chi connectivity index (χ1n) is 9.01. The van der Waals surface area contributed by atoms with Gasteiger partial charge in [0.2, 0.25) is 11.8 Å². The Hall–Kier alpha value is -2.40. The molecule has 2 amide bonds. The largest absolute Gasteiger partial charge is 0.355 e. The Balaban J connectivity index is 2.29. The van der Waals surface area contributed by atoms with Crippen LogP contribution < -0.4 is 5.32 Å². The summed E-state index contributed by atoms with van der Waals surface area (Å²) in [5, 5.41) is 3.33. The van der Waals surface area contributed by atoms with Gasteiger partial charge in [-0.05, 0) is 42.7 Å².